The summed E-state index contributed by atoms with van der Waals surface area (Å²) in [6.07, 6.45) is 2.99. The first-order valence-corrected chi connectivity index (χ1v) is 8.84. The van der Waals surface area contributed by atoms with Crippen molar-refractivity contribution in [1.29, 1.82) is 0 Å². The fourth-order valence-corrected chi connectivity index (χ4v) is 2.88. The lowest BCUT2D eigenvalue weighted by Gasteiger charge is -2.03. The molecule has 3 rings (SSSR count). The summed E-state index contributed by atoms with van der Waals surface area (Å²) in [6.45, 7) is 1.41. The lowest BCUT2D eigenvalue weighted by atomic mass is 10.1. The van der Waals surface area contributed by atoms with Crippen LogP contribution in [0.15, 0.2) is 65.1 Å². The fourth-order valence-electron chi connectivity index (χ4n) is 2.49. The molecular formula is C21H15Cl2NO3. The highest BCUT2D eigenvalue weighted by Gasteiger charge is 2.10. The summed E-state index contributed by atoms with van der Waals surface area (Å²) < 4.78 is 5.73. The molecule has 1 amide bonds. The highest BCUT2D eigenvalue weighted by atomic mass is 35.5. The number of benzene rings is 2. The van der Waals surface area contributed by atoms with Crippen molar-refractivity contribution < 1.29 is 14.0 Å². The van der Waals surface area contributed by atoms with E-state index in [1.807, 2.05) is 0 Å². The molecule has 0 saturated heterocycles. The molecule has 0 bridgehead atoms. The molecular weight excluding hydrogens is 385 g/mol. The lowest BCUT2D eigenvalue weighted by molar-refractivity contribution is -0.114. The zero-order chi connectivity index (χ0) is 19.4. The minimum absolute atomic E-state index is 0.196. The number of carbonyl (C=O) groups is 2. The van der Waals surface area contributed by atoms with Crippen LogP contribution in [0.3, 0.4) is 0 Å². The summed E-state index contributed by atoms with van der Waals surface area (Å²) in [4.78, 5) is 23.5. The Morgan fingerprint density at radius 3 is 2.59 bits per heavy atom. The van der Waals surface area contributed by atoms with E-state index in [1.165, 1.54) is 13.0 Å². The van der Waals surface area contributed by atoms with Crippen LogP contribution in [0, 0.1) is 0 Å². The van der Waals surface area contributed by atoms with Gasteiger partial charge in [-0.2, -0.15) is 0 Å². The normalized spacial score (nSPS) is 10.9. The minimum atomic E-state index is -0.207. The van der Waals surface area contributed by atoms with E-state index in [0.29, 0.717) is 38.4 Å². The van der Waals surface area contributed by atoms with Gasteiger partial charge in [0.05, 0.1) is 10.0 Å². The number of allylic oxidation sites excluding steroid dienone is 1. The molecule has 0 fully saturated rings. The van der Waals surface area contributed by atoms with Gasteiger partial charge in [-0.25, -0.2) is 0 Å². The third kappa shape index (κ3) is 4.67. The standard InChI is InChI=1S/C21H15Cl2NO3/c1-13(25)24-15-5-2-4-14(12-15)19(26)10-8-16-9-11-20(27-16)17-6-3-7-18(22)21(17)23/h2-12H,1H3,(H,24,25)/b10-8+. The number of hydrogen-bond donors (Lipinski definition) is 1. The van der Waals surface area contributed by atoms with Crippen LogP contribution < -0.4 is 5.32 Å². The van der Waals surface area contributed by atoms with Crippen LogP contribution in [-0.4, -0.2) is 11.7 Å². The maximum Gasteiger partial charge on any atom is 0.221 e. The maximum atomic E-state index is 12.4. The Morgan fingerprint density at radius 2 is 1.81 bits per heavy atom. The number of amides is 1. The number of nitrogens with one attached hydrogen (secondary N) is 1. The highest BCUT2D eigenvalue weighted by Crippen LogP contribution is 2.34. The van der Waals surface area contributed by atoms with Gasteiger partial charge in [-0.3, -0.25) is 9.59 Å². The van der Waals surface area contributed by atoms with Crippen molar-refractivity contribution in [1.82, 2.24) is 0 Å². The Morgan fingerprint density at radius 1 is 1.04 bits per heavy atom. The summed E-state index contributed by atoms with van der Waals surface area (Å²) in [6, 6.07) is 15.5. The smallest absolute Gasteiger partial charge is 0.221 e. The van der Waals surface area contributed by atoms with E-state index >= 15 is 0 Å². The molecule has 4 nitrogen and oxygen atoms in total. The first-order valence-electron chi connectivity index (χ1n) is 8.08. The highest BCUT2D eigenvalue weighted by molar-refractivity contribution is 6.43. The minimum Gasteiger partial charge on any atom is -0.457 e. The second-order valence-electron chi connectivity index (χ2n) is 5.76. The average Bonchev–Trinajstić information content (AvgIpc) is 3.10. The van der Waals surface area contributed by atoms with Crippen LogP contribution in [0.4, 0.5) is 5.69 Å². The largest absolute Gasteiger partial charge is 0.457 e. The topological polar surface area (TPSA) is 59.3 Å². The molecule has 0 atom stereocenters. The number of rotatable bonds is 5. The quantitative estimate of drug-likeness (QED) is 0.415. The van der Waals surface area contributed by atoms with Gasteiger partial charge >= 0.3 is 0 Å². The molecule has 0 aliphatic carbocycles. The monoisotopic (exact) mass is 399 g/mol. The molecule has 2 aromatic carbocycles. The molecule has 136 valence electrons. The first kappa shape index (κ1) is 19.0. The third-order valence-electron chi connectivity index (χ3n) is 3.71. The molecule has 1 aromatic heterocycles. The van der Waals surface area contributed by atoms with Crippen LogP contribution in [0.2, 0.25) is 10.0 Å². The summed E-state index contributed by atoms with van der Waals surface area (Å²) in [5.41, 5.74) is 1.71. The Balaban J connectivity index is 1.77. The molecule has 1 heterocycles. The summed E-state index contributed by atoms with van der Waals surface area (Å²) in [5, 5.41) is 3.50. The van der Waals surface area contributed by atoms with Gasteiger partial charge in [0.15, 0.2) is 5.78 Å². The lowest BCUT2D eigenvalue weighted by Crippen LogP contribution is -2.06. The van der Waals surface area contributed by atoms with Crippen LogP contribution in [-0.2, 0) is 4.79 Å². The van der Waals surface area contributed by atoms with Gasteiger partial charge in [0.2, 0.25) is 5.91 Å². The zero-order valence-corrected chi connectivity index (χ0v) is 15.8. The van der Waals surface area contributed by atoms with E-state index in [-0.39, 0.29) is 11.7 Å². The van der Waals surface area contributed by atoms with Gasteiger partial charge < -0.3 is 9.73 Å². The zero-order valence-electron chi connectivity index (χ0n) is 14.3. The third-order valence-corrected chi connectivity index (χ3v) is 4.53. The van der Waals surface area contributed by atoms with E-state index < -0.39 is 0 Å². The van der Waals surface area contributed by atoms with Gasteiger partial charge in [0.25, 0.3) is 0 Å². The molecule has 0 spiro atoms. The van der Waals surface area contributed by atoms with E-state index in [0.717, 1.165) is 0 Å². The van der Waals surface area contributed by atoms with Gasteiger partial charge in [0, 0.05) is 23.7 Å². The Labute approximate surface area is 166 Å². The molecule has 0 aliphatic rings. The molecule has 0 unspecified atom stereocenters. The molecule has 1 N–H and O–H groups in total. The van der Waals surface area contributed by atoms with Crippen molar-refractivity contribution in [2.75, 3.05) is 5.32 Å². The van der Waals surface area contributed by atoms with Gasteiger partial charge in [-0.1, -0.05) is 41.4 Å². The first-order chi connectivity index (χ1) is 12.9. The number of ketones is 1. The molecule has 0 saturated carbocycles. The Kier molecular flexibility index (Phi) is 5.79. The molecule has 27 heavy (non-hydrogen) atoms. The van der Waals surface area contributed by atoms with E-state index in [9.17, 15) is 9.59 Å². The van der Waals surface area contributed by atoms with Crippen molar-refractivity contribution in [3.05, 3.63) is 82.0 Å². The molecule has 0 radical (unpaired) electrons. The summed E-state index contributed by atoms with van der Waals surface area (Å²) in [7, 11) is 0. The number of carbonyl (C=O) groups excluding carboxylic acids is 2. The van der Waals surface area contributed by atoms with Crippen molar-refractivity contribution in [2.45, 2.75) is 6.92 Å². The molecule has 6 heteroatoms. The second kappa shape index (κ2) is 8.25. The second-order valence-corrected chi connectivity index (χ2v) is 6.55. The SMILES string of the molecule is CC(=O)Nc1cccc(C(=O)/C=C/c2ccc(-c3cccc(Cl)c3Cl)o2)c1. The Bertz CT molecular complexity index is 1040. The van der Waals surface area contributed by atoms with Crippen LogP contribution in [0.25, 0.3) is 17.4 Å². The number of hydrogen-bond acceptors (Lipinski definition) is 3. The fraction of sp³-hybridized carbons (Fsp3) is 0.0476. The summed E-state index contributed by atoms with van der Waals surface area (Å²) in [5.74, 6) is 0.661. The van der Waals surface area contributed by atoms with E-state index in [4.69, 9.17) is 27.6 Å². The van der Waals surface area contributed by atoms with E-state index in [1.54, 1.807) is 60.7 Å². The number of furan rings is 1. The van der Waals surface area contributed by atoms with E-state index in [2.05, 4.69) is 5.32 Å². The summed E-state index contributed by atoms with van der Waals surface area (Å²) >= 11 is 12.2. The van der Waals surface area contributed by atoms with Gasteiger partial charge in [0.1, 0.15) is 11.5 Å². The maximum absolute atomic E-state index is 12.4. The van der Waals surface area contributed by atoms with Crippen molar-refractivity contribution in [3.63, 3.8) is 0 Å². The van der Waals surface area contributed by atoms with Crippen molar-refractivity contribution in [3.8, 4) is 11.3 Å². The Hall–Kier alpha value is -2.82. The molecule has 3 aromatic rings. The predicted octanol–water partition coefficient (Wildman–Crippen LogP) is 6.11. The van der Waals surface area contributed by atoms with Crippen molar-refractivity contribution >= 4 is 46.7 Å². The van der Waals surface area contributed by atoms with Crippen molar-refractivity contribution in [2.24, 2.45) is 0 Å². The van der Waals surface area contributed by atoms with Crippen LogP contribution in [0.1, 0.15) is 23.0 Å². The van der Waals surface area contributed by atoms with Gasteiger partial charge in [-0.05, 0) is 48.6 Å². The van der Waals surface area contributed by atoms with Crippen LogP contribution in [0.5, 0.6) is 0 Å². The predicted molar refractivity (Wildman–Crippen MR) is 108 cm³/mol. The van der Waals surface area contributed by atoms with Gasteiger partial charge in [-0.15, -0.1) is 0 Å². The van der Waals surface area contributed by atoms with Crippen LogP contribution >= 0.6 is 23.2 Å². The molecule has 0 aliphatic heterocycles. The average molecular weight is 400 g/mol. The number of anilines is 1. The number of halogens is 2.